The molecule has 1 aromatic heterocycles. The van der Waals surface area contributed by atoms with E-state index in [-0.39, 0.29) is 12.4 Å². The van der Waals surface area contributed by atoms with Crippen molar-refractivity contribution in [1.29, 1.82) is 0 Å². The van der Waals surface area contributed by atoms with Gasteiger partial charge in [-0.15, -0.1) is 11.3 Å². The maximum Gasteiger partial charge on any atom is 0.309 e. The molecule has 0 bridgehead atoms. The quantitative estimate of drug-likeness (QED) is 0.192. The van der Waals surface area contributed by atoms with E-state index in [0.717, 1.165) is 38.0 Å². The summed E-state index contributed by atoms with van der Waals surface area (Å²) >= 11 is 1.68. The largest absolute Gasteiger partial charge is 0.487 e. The molecule has 0 aliphatic carbocycles. The molecule has 6 nitrogen and oxygen atoms in total. The molecule has 0 saturated carbocycles. The smallest absolute Gasteiger partial charge is 0.309 e. The van der Waals surface area contributed by atoms with E-state index < -0.39 is 0 Å². The van der Waals surface area contributed by atoms with Gasteiger partial charge in [-0.05, 0) is 36.3 Å². The Morgan fingerprint density at radius 1 is 0.944 bits per heavy atom. The first-order valence-electron chi connectivity index (χ1n) is 11.6. The van der Waals surface area contributed by atoms with Crippen LogP contribution in [0.1, 0.15) is 28.1 Å². The number of aromatic nitrogens is 1. The molecule has 0 amide bonds. The SMILES string of the molecule is COC(=O)CC=C(NOCc1ccc(OCc2nc(-c3ccccc3)sc2C)cc1)c1ccccc1. The fourth-order valence-electron chi connectivity index (χ4n) is 3.40. The van der Waals surface area contributed by atoms with Gasteiger partial charge >= 0.3 is 5.97 Å². The van der Waals surface area contributed by atoms with E-state index in [1.165, 1.54) is 7.11 Å². The lowest BCUT2D eigenvalue weighted by molar-refractivity contribution is -0.139. The van der Waals surface area contributed by atoms with Gasteiger partial charge in [-0.2, -0.15) is 0 Å². The van der Waals surface area contributed by atoms with E-state index in [2.05, 4.69) is 24.5 Å². The maximum absolute atomic E-state index is 11.6. The van der Waals surface area contributed by atoms with Crippen LogP contribution in [0.5, 0.6) is 5.75 Å². The summed E-state index contributed by atoms with van der Waals surface area (Å²) in [4.78, 5) is 23.2. The standard InChI is InChI=1S/C29H28N2O4S/c1-21-27(30-29(36-21)24-11-7-4-8-12-24)20-34-25-15-13-22(14-16-25)19-35-31-26(17-18-28(32)33-2)23-9-5-3-6-10-23/h3-17,31H,18-20H2,1-2H3. The molecule has 0 aliphatic heterocycles. The zero-order valence-corrected chi connectivity index (χ0v) is 21.1. The monoisotopic (exact) mass is 500 g/mol. The van der Waals surface area contributed by atoms with E-state index >= 15 is 0 Å². The third-order valence-electron chi connectivity index (χ3n) is 5.42. The fourth-order valence-corrected chi connectivity index (χ4v) is 4.32. The van der Waals surface area contributed by atoms with E-state index in [1.807, 2.05) is 72.8 Å². The Balaban J connectivity index is 1.30. The molecular formula is C29H28N2O4S. The van der Waals surface area contributed by atoms with Crippen molar-refractivity contribution >= 4 is 23.0 Å². The lowest BCUT2D eigenvalue weighted by Gasteiger charge is -2.12. The second-order valence-corrected chi connectivity index (χ2v) is 9.18. The Bertz CT molecular complexity index is 1290. The minimum absolute atomic E-state index is 0.147. The van der Waals surface area contributed by atoms with E-state index in [9.17, 15) is 4.79 Å². The number of ether oxygens (including phenoxy) is 2. The summed E-state index contributed by atoms with van der Waals surface area (Å²) in [5, 5.41) is 1.00. The Kier molecular flexibility index (Phi) is 8.86. The minimum atomic E-state index is -0.315. The number of rotatable bonds is 11. The van der Waals surface area contributed by atoms with E-state index in [4.69, 9.17) is 19.3 Å². The summed E-state index contributed by atoms with van der Waals surface area (Å²) in [6.45, 7) is 2.83. The number of carbonyl (C=O) groups is 1. The van der Waals surface area contributed by atoms with Crippen LogP contribution in [-0.4, -0.2) is 18.1 Å². The second kappa shape index (κ2) is 12.7. The van der Waals surface area contributed by atoms with Crippen LogP contribution >= 0.6 is 11.3 Å². The number of thiazole rings is 1. The zero-order chi connectivity index (χ0) is 25.2. The third-order valence-corrected chi connectivity index (χ3v) is 6.48. The number of aryl methyl sites for hydroxylation is 1. The molecule has 0 fully saturated rings. The summed E-state index contributed by atoms with van der Waals surface area (Å²) in [7, 11) is 1.37. The van der Waals surface area contributed by atoms with Gasteiger partial charge in [-0.1, -0.05) is 72.8 Å². The molecule has 4 rings (SSSR count). The highest BCUT2D eigenvalue weighted by atomic mass is 32.1. The lowest BCUT2D eigenvalue weighted by Crippen LogP contribution is -2.14. The van der Waals surface area contributed by atoms with Crippen molar-refractivity contribution in [3.8, 4) is 16.3 Å². The van der Waals surface area contributed by atoms with Crippen molar-refractivity contribution < 1.29 is 19.1 Å². The predicted molar refractivity (Wildman–Crippen MR) is 142 cm³/mol. The number of esters is 1. The van der Waals surface area contributed by atoms with Gasteiger partial charge in [0.2, 0.25) is 0 Å². The third kappa shape index (κ3) is 7.04. The van der Waals surface area contributed by atoms with Crippen LogP contribution < -0.4 is 10.2 Å². The second-order valence-electron chi connectivity index (χ2n) is 7.98. The highest BCUT2D eigenvalue weighted by Gasteiger charge is 2.10. The first kappa shape index (κ1) is 25.2. The number of nitrogens with zero attached hydrogens (tertiary/aromatic N) is 1. The van der Waals surface area contributed by atoms with Crippen molar-refractivity contribution in [2.45, 2.75) is 26.6 Å². The first-order chi connectivity index (χ1) is 17.6. The molecule has 36 heavy (non-hydrogen) atoms. The molecule has 1 N–H and O–H groups in total. The van der Waals surface area contributed by atoms with Crippen molar-refractivity contribution in [3.05, 3.63) is 113 Å². The number of methoxy groups -OCH3 is 1. The normalized spacial score (nSPS) is 11.2. The van der Waals surface area contributed by atoms with Gasteiger partial charge in [0.15, 0.2) is 0 Å². The predicted octanol–water partition coefficient (Wildman–Crippen LogP) is 6.32. The average molecular weight is 501 g/mol. The van der Waals surface area contributed by atoms with Crippen molar-refractivity contribution in [3.63, 3.8) is 0 Å². The van der Waals surface area contributed by atoms with Crippen LogP contribution in [0, 0.1) is 6.92 Å². The van der Waals surface area contributed by atoms with Crippen molar-refractivity contribution in [1.82, 2.24) is 10.5 Å². The molecule has 1 heterocycles. The van der Waals surface area contributed by atoms with Crippen LogP contribution in [0.2, 0.25) is 0 Å². The highest BCUT2D eigenvalue weighted by molar-refractivity contribution is 7.15. The Labute approximate surface area is 215 Å². The molecule has 184 valence electrons. The minimum Gasteiger partial charge on any atom is -0.487 e. The van der Waals surface area contributed by atoms with Gasteiger partial charge in [-0.25, -0.2) is 4.98 Å². The summed E-state index contributed by atoms with van der Waals surface area (Å²) in [5.41, 5.74) is 7.62. The molecule has 0 aliphatic rings. The van der Waals surface area contributed by atoms with E-state index in [1.54, 1.807) is 17.4 Å². The number of hydroxylamine groups is 1. The molecule has 0 saturated heterocycles. The summed E-state index contributed by atoms with van der Waals surface area (Å²) in [6.07, 6.45) is 1.90. The molecule has 0 spiro atoms. The zero-order valence-electron chi connectivity index (χ0n) is 20.3. The number of carbonyl (C=O) groups excluding carboxylic acids is 1. The number of hydrogen-bond acceptors (Lipinski definition) is 7. The number of benzene rings is 3. The van der Waals surface area contributed by atoms with Crippen LogP contribution in [0.4, 0.5) is 0 Å². The van der Waals surface area contributed by atoms with Gasteiger partial charge in [-0.3, -0.25) is 15.1 Å². The summed E-state index contributed by atoms with van der Waals surface area (Å²) in [5.74, 6) is 0.452. The average Bonchev–Trinajstić information content (AvgIpc) is 3.31. The van der Waals surface area contributed by atoms with Crippen LogP contribution in [0.3, 0.4) is 0 Å². The maximum atomic E-state index is 11.6. The van der Waals surface area contributed by atoms with Crippen LogP contribution in [0.25, 0.3) is 16.3 Å². The Morgan fingerprint density at radius 2 is 1.64 bits per heavy atom. The number of nitrogens with one attached hydrogen (secondary N) is 1. The van der Waals surface area contributed by atoms with Gasteiger partial charge in [0.1, 0.15) is 17.4 Å². The molecule has 0 radical (unpaired) electrons. The summed E-state index contributed by atoms with van der Waals surface area (Å²) in [6, 6.07) is 27.6. The Hall–Kier alpha value is -3.94. The van der Waals surface area contributed by atoms with Gasteiger partial charge in [0.05, 0.1) is 31.5 Å². The topological polar surface area (TPSA) is 69.7 Å². The highest BCUT2D eigenvalue weighted by Crippen LogP contribution is 2.28. The van der Waals surface area contributed by atoms with Gasteiger partial charge in [0.25, 0.3) is 0 Å². The molecule has 3 aromatic carbocycles. The molecule has 4 aromatic rings. The van der Waals surface area contributed by atoms with Crippen molar-refractivity contribution in [2.24, 2.45) is 0 Å². The van der Waals surface area contributed by atoms with Crippen LogP contribution in [0.15, 0.2) is 91.0 Å². The van der Waals surface area contributed by atoms with Gasteiger partial charge in [0, 0.05) is 10.4 Å². The van der Waals surface area contributed by atoms with Crippen LogP contribution in [-0.2, 0) is 27.6 Å². The fraction of sp³-hybridized carbons (Fsp3) is 0.172. The lowest BCUT2D eigenvalue weighted by atomic mass is 10.1. The van der Waals surface area contributed by atoms with E-state index in [0.29, 0.717) is 18.9 Å². The van der Waals surface area contributed by atoms with Crippen molar-refractivity contribution in [2.75, 3.05) is 7.11 Å². The van der Waals surface area contributed by atoms with Gasteiger partial charge < -0.3 is 9.47 Å². The first-order valence-corrected chi connectivity index (χ1v) is 12.4. The molecule has 7 heteroatoms. The molecular weight excluding hydrogens is 472 g/mol. The Morgan fingerprint density at radius 3 is 2.33 bits per heavy atom. The molecule has 0 atom stereocenters. The summed E-state index contributed by atoms with van der Waals surface area (Å²) < 4.78 is 10.7. The number of hydrogen-bond donors (Lipinski definition) is 1. The molecule has 0 unspecified atom stereocenters.